The second-order valence-corrected chi connectivity index (χ2v) is 5.63. The molecular formula is C15H23NO2. The van der Waals surface area contributed by atoms with Crippen LogP contribution >= 0.6 is 0 Å². The van der Waals surface area contributed by atoms with Crippen LogP contribution in [-0.4, -0.2) is 30.4 Å². The first-order valence-electron chi connectivity index (χ1n) is 6.72. The molecule has 1 aliphatic heterocycles. The number of hydrogen-bond donors (Lipinski definition) is 2. The van der Waals surface area contributed by atoms with Gasteiger partial charge >= 0.3 is 0 Å². The van der Waals surface area contributed by atoms with Crippen molar-refractivity contribution in [2.75, 3.05) is 19.7 Å². The molecule has 1 aliphatic rings. The van der Waals surface area contributed by atoms with Crippen molar-refractivity contribution in [2.45, 2.75) is 38.7 Å². The van der Waals surface area contributed by atoms with Crippen LogP contribution in [0, 0.1) is 0 Å². The topological polar surface area (TPSA) is 41.5 Å². The smallest absolute Gasteiger partial charge is 0.122 e. The lowest BCUT2D eigenvalue weighted by Crippen LogP contribution is -2.35. The van der Waals surface area contributed by atoms with Gasteiger partial charge in [-0.15, -0.1) is 0 Å². The fraction of sp³-hybridized carbons (Fsp3) is 0.600. The van der Waals surface area contributed by atoms with Gasteiger partial charge in [0.2, 0.25) is 0 Å². The number of aryl methyl sites for hydroxylation is 1. The van der Waals surface area contributed by atoms with E-state index < -0.39 is 5.60 Å². The van der Waals surface area contributed by atoms with Gasteiger partial charge in [-0.2, -0.15) is 0 Å². The molecule has 1 aromatic rings. The largest absolute Gasteiger partial charge is 0.493 e. The molecule has 1 aromatic carbocycles. The summed E-state index contributed by atoms with van der Waals surface area (Å²) in [5.41, 5.74) is 2.03. The lowest BCUT2D eigenvalue weighted by molar-refractivity contribution is 0.0801. The molecule has 0 radical (unpaired) electrons. The fourth-order valence-electron chi connectivity index (χ4n) is 2.20. The van der Waals surface area contributed by atoms with Crippen LogP contribution in [-0.2, 0) is 12.8 Å². The Hall–Kier alpha value is -1.06. The fourth-order valence-corrected chi connectivity index (χ4v) is 2.20. The highest BCUT2D eigenvalue weighted by atomic mass is 16.5. The van der Waals surface area contributed by atoms with Gasteiger partial charge in [-0.25, -0.2) is 0 Å². The average Bonchev–Trinajstić information content (AvgIpc) is 2.33. The van der Waals surface area contributed by atoms with Crippen LogP contribution in [0.3, 0.4) is 0 Å². The molecule has 0 fully saturated rings. The summed E-state index contributed by atoms with van der Waals surface area (Å²) in [7, 11) is 0. The predicted octanol–water partition coefficient (Wildman–Crippen LogP) is 1.91. The van der Waals surface area contributed by atoms with Gasteiger partial charge in [-0.05, 0) is 56.8 Å². The van der Waals surface area contributed by atoms with E-state index in [0.717, 1.165) is 38.2 Å². The first kappa shape index (κ1) is 13.4. The van der Waals surface area contributed by atoms with Crippen LogP contribution in [0.15, 0.2) is 18.2 Å². The van der Waals surface area contributed by atoms with E-state index in [-0.39, 0.29) is 0 Å². The van der Waals surface area contributed by atoms with E-state index in [1.165, 1.54) is 11.1 Å². The van der Waals surface area contributed by atoms with Crippen molar-refractivity contribution < 1.29 is 9.84 Å². The minimum absolute atomic E-state index is 0.626. The van der Waals surface area contributed by atoms with Gasteiger partial charge in [-0.1, -0.05) is 12.1 Å². The van der Waals surface area contributed by atoms with Crippen LogP contribution in [0.5, 0.6) is 5.75 Å². The van der Waals surface area contributed by atoms with Gasteiger partial charge in [0.25, 0.3) is 0 Å². The predicted molar refractivity (Wildman–Crippen MR) is 73.1 cm³/mol. The Morgan fingerprint density at radius 1 is 1.39 bits per heavy atom. The molecule has 0 atom stereocenters. The second-order valence-electron chi connectivity index (χ2n) is 5.63. The Labute approximate surface area is 109 Å². The highest BCUT2D eigenvalue weighted by molar-refractivity contribution is 5.38. The number of hydrogen-bond acceptors (Lipinski definition) is 3. The van der Waals surface area contributed by atoms with E-state index in [2.05, 4.69) is 23.5 Å². The molecule has 0 aromatic heterocycles. The summed E-state index contributed by atoms with van der Waals surface area (Å²) in [4.78, 5) is 0. The Morgan fingerprint density at radius 2 is 2.22 bits per heavy atom. The maximum absolute atomic E-state index is 9.59. The van der Waals surface area contributed by atoms with E-state index >= 15 is 0 Å². The maximum atomic E-state index is 9.59. The summed E-state index contributed by atoms with van der Waals surface area (Å²) in [5.74, 6) is 1.05. The standard InChI is InChI=1S/C15H23NO2/c1-15(2,17)11-16-8-7-12-5-6-14-13(10-12)4-3-9-18-14/h5-6,10,16-17H,3-4,7-9,11H2,1-2H3. The first-order valence-corrected chi connectivity index (χ1v) is 6.72. The number of benzene rings is 1. The zero-order chi connectivity index (χ0) is 13.0. The Morgan fingerprint density at radius 3 is 3.00 bits per heavy atom. The zero-order valence-corrected chi connectivity index (χ0v) is 11.3. The van der Waals surface area contributed by atoms with E-state index in [1.807, 2.05) is 13.8 Å². The SMILES string of the molecule is CC(C)(O)CNCCc1ccc2c(c1)CCCO2. The monoisotopic (exact) mass is 249 g/mol. The van der Waals surface area contributed by atoms with E-state index in [9.17, 15) is 5.11 Å². The molecular weight excluding hydrogens is 226 g/mol. The molecule has 100 valence electrons. The third-order valence-electron chi connectivity index (χ3n) is 3.12. The van der Waals surface area contributed by atoms with Crippen molar-refractivity contribution >= 4 is 0 Å². The normalized spacial score (nSPS) is 15.1. The summed E-state index contributed by atoms with van der Waals surface area (Å²) in [6, 6.07) is 6.47. The van der Waals surface area contributed by atoms with Crippen LogP contribution in [0.1, 0.15) is 31.4 Å². The lowest BCUT2D eigenvalue weighted by Gasteiger charge is -2.19. The van der Waals surface area contributed by atoms with Crippen LogP contribution in [0.4, 0.5) is 0 Å². The van der Waals surface area contributed by atoms with E-state index in [4.69, 9.17) is 4.74 Å². The van der Waals surface area contributed by atoms with Crippen molar-refractivity contribution in [3.05, 3.63) is 29.3 Å². The number of rotatable bonds is 5. The highest BCUT2D eigenvalue weighted by Crippen LogP contribution is 2.25. The summed E-state index contributed by atoms with van der Waals surface area (Å²) in [6.07, 6.45) is 3.23. The number of ether oxygens (including phenoxy) is 1. The van der Waals surface area contributed by atoms with E-state index in [1.54, 1.807) is 0 Å². The van der Waals surface area contributed by atoms with Crippen molar-refractivity contribution in [3.8, 4) is 5.75 Å². The number of fused-ring (bicyclic) bond motifs is 1. The maximum Gasteiger partial charge on any atom is 0.122 e. The molecule has 0 aliphatic carbocycles. The summed E-state index contributed by atoms with van der Waals surface area (Å²) in [5, 5.41) is 12.9. The molecule has 3 heteroatoms. The Bertz CT molecular complexity index is 396. The van der Waals surface area contributed by atoms with Crippen molar-refractivity contribution in [1.82, 2.24) is 5.32 Å². The third kappa shape index (κ3) is 4.00. The molecule has 18 heavy (non-hydrogen) atoms. The molecule has 0 bridgehead atoms. The van der Waals surface area contributed by atoms with Gasteiger partial charge in [0.05, 0.1) is 12.2 Å². The van der Waals surface area contributed by atoms with Crippen LogP contribution in [0.2, 0.25) is 0 Å². The van der Waals surface area contributed by atoms with Crippen molar-refractivity contribution in [1.29, 1.82) is 0 Å². The van der Waals surface area contributed by atoms with Crippen LogP contribution in [0.25, 0.3) is 0 Å². The first-order chi connectivity index (χ1) is 8.54. The summed E-state index contributed by atoms with van der Waals surface area (Å²) < 4.78 is 5.60. The molecule has 2 rings (SSSR count). The second kappa shape index (κ2) is 5.72. The molecule has 0 spiro atoms. The summed E-state index contributed by atoms with van der Waals surface area (Å²) in [6.45, 7) is 6.00. The zero-order valence-electron chi connectivity index (χ0n) is 11.3. The minimum Gasteiger partial charge on any atom is -0.493 e. The van der Waals surface area contributed by atoms with Gasteiger partial charge in [0.1, 0.15) is 5.75 Å². The van der Waals surface area contributed by atoms with Gasteiger partial charge in [0.15, 0.2) is 0 Å². The Kier molecular flexibility index (Phi) is 4.25. The minimum atomic E-state index is -0.635. The molecule has 0 saturated carbocycles. The molecule has 0 saturated heterocycles. The quantitative estimate of drug-likeness (QED) is 0.783. The molecule has 3 nitrogen and oxygen atoms in total. The Balaban J connectivity index is 1.83. The van der Waals surface area contributed by atoms with E-state index in [0.29, 0.717) is 6.54 Å². The lowest BCUT2D eigenvalue weighted by atomic mass is 10.0. The average molecular weight is 249 g/mol. The molecule has 0 amide bonds. The van der Waals surface area contributed by atoms with Crippen molar-refractivity contribution in [3.63, 3.8) is 0 Å². The van der Waals surface area contributed by atoms with Crippen molar-refractivity contribution in [2.24, 2.45) is 0 Å². The summed E-state index contributed by atoms with van der Waals surface area (Å²) >= 11 is 0. The van der Waals surface area contributed by atoms with Gasteiger partial charge in [-0.3, -0.25) is 0 Å². The van der Waals surface area contributed by atoms with Gasteiger partial charge < -0.3 is 15.2 Å². The molecule has 0 unspecified atom stereocenters. The molecule has 2 N–H and O–H groups in total. The van der Waals surface area contributed by atoms with Crippen LogP contribution < -0.4 is 10.1 Å². The molecule has 1 heterocycles. The number of aliphatic hydroxyl groups is 1. The number of nitrogens with one attached hydrogen (secondary N) is 1. The third-order valence-corrected chi connectivity index (χ3v) is 3.12. The highest BCUT2D eigenvalue weighted by Gasteiger charge is 2.12. The van der Waals surface area contributed by atoms with Gasteiger partial charge in [0, 0.05) is 6.54 Å².